The summed E-state index contributed by atoms with van der Waals surface area (Å²) in [4.78, 5) is 12.0. The third kappa shape index (κ3) is 4.11. The van der Waals surface area contributed by atoms with Crippen LogP contribution in [0.25, 0.3) is 0 Å². The van der Waals surface area contributed by atoms with Crippen molar-refractivity contribution in [3.05, 3.63) is 51.3 Å². The SMILES string of the molecule is CC(Nc1ccc(Br)cc1Br)C(=O)NCc1ccco1. The molecule has 6 heteroatoms. The highest BCUT2D eigenvalue weighted by Gasteiger charge is 2.14. The Kier molecular flexibility index (Phi) is 5.25. The van der Waals surface area contributed by atoms with Crippen LogP contribution in [0.2, 0.25) is 0 Å². The molecule has 1 aromatic heterocycles. The Balaban J connectivity index is 1.90. The maximum Gasteiger partial charge on any atom is 0.242 e. The van der Waals surface area contributed by atoms with Crippen LogP contribution < -0.4 is 10.6 Å². The minimum absolute atomic E-state index is 0.0868. The normalized spacial score (nSPS) is 11.9. The van der Waals surface area contributed by atoms with E-state index in [1.54, 1.807) is 12.3 Å². The number of rotatable bonds is 5. The van der Waals surface area contributed by atoms with E-state index in [4.69, 9.17) is 4.42 Å². The third-order valence-electron chi connectivity index (χ3n) is 2.71. The van der Waals surface area contributed by atoms with Crippen LogP contribution in [0.1, 0.15) is 12.7 Å². The van der Waals surface area contributed by atoms with Crippen LogP contribution in [0.4, 0.5) is 5.69 Å². The molecule has 1 atom stereocenters. The highest BCUT2D eigenvalue weighted by Crippen LogP contribution is 2.26. The summed E-state index contributed by atoms with van der Waals surface area (Å²) in [5, 5.41) is 5.97. The van der Waals surface area contributed by atoms with Crippen molar-refractivity contribution in [2.24, 2.45) is 0 Å². The summed E-state index contributed by atoms with van der Waals surface area (Å²) in [6, 6.07) is 9.02. The molecule has 0 saturated carbocycles. The van der Waals surface area contributed by atoms with Crippen LogP contribution >= 0.6 is 31.9 Å². The molecular formula is C14H14Br2N2O2. The van der Waals surface area contributed by atoms with E-state index in [0.717, 1.165) is 20.4 Å². The predicted octanol–water partition coefficient (Wildman–Crippen LogP) is 3.92. The fourth-order valence-electron chi connectivity index (χ4n) is 1.65. The molecule has 4 nitrogen and oxygen atoms in total. The fourth-order valence-corrected chi connectivity index (χ4v) is 2.81. The average molecular weight is 402 g/mol. The standard InChI is InChI=1S/C14H14Br2N2O2/c1-9(14(19)17-8-11-3-2-6-20-11)18-13-5-4-10(15)7-12(13)16/h2-7,9,18H,8H2,1H3,(H,17,19). The summed E-state index contributed by atoms with van der Waals surface area (Å²) < 4.78 is 7.04. The quantitative estimate of drug-likeness (QED) is 0.798. The van der Waals surface area contributed by atoms with Crippen LogP contribution in [0.3, 0.4) is 0 Å². The minimum Gasteiger partial charge on any atom is -0.467 e. The molecule has 2 aromatic rings. The maximum atomic E-state index is 12.0. The Bertz CT molecular complexity index is 585. The largest absolute Gasteiger partial charge is 0.467 e. The van der Waals surface area contributed by atoms with Gasteiger partial charge in [0.1, 0.15) is 11.8 Å². The number of carbonyl (C=O) groups is 1. The van der Waals surface area contributed by atoms with Gasteiger partial charge in [0, 0.05) is 14.6 Å². The van der Waals surface area contributed by atoms with Gasteiger partial charge in [-0.2, -0.15) is 0 Å². The number of amides is 1. The van der Waals surface area contributed by atoms with Crippen LogP contribution in [-0.2, 0) is 11.3 Å². The molecule has 0 fully saturated rings. The van der Waals surface area contributed by atoms with Crippen LogP contribution in [0.15, 0.2) is 50.0 Å². The van der Waals surface area contributed by atoms with Gasteiger partial charge in [-0.25, -0.2) is 0 Å². The van der Waals surface area contributed by atoms with Crippen molar-refractivity contribution in [3.8, 4) is 0 Å². The number of nitrogens with one attached hydrogen (secondary N) is 2. The first-order valence-corrected chi connectivity index (χ1v) is 7.66. The van der Waals surface area contributed by atoms with Crippen LogP contribution in [0.5, 0.6) is 0 Å². The average Bonchev–Trinajstić information content (AvgIpc) is 2.92. The highest BCUT2D eigenvalue weighted by molar-refractivity contribution is 9.11. The summed E-state index contributed by atoms with van der Waals surface area (Å²) in [5.74, 6) is 0.645. The van der Waals surface area contributed by atoms with Crippen LogP contribution in [0, 0.1) is 0 Å². The lowest BCUT2D eigenvalue weighted by Crippen LogP contribution is -2.37. The minimum atomic E-state index is -0.345. The molecular weight excluding hydrogens is 388 g/mol. The number of carbonyl (C=O) groups excluding carboxylic acids is 1. The molecule has 0 aliphatic heterocycles. The Morgan fingerprint density at radius 2 is 2.15 bits per heavy atom. The van der Waals surface area contributed by atoms with E-state index in [2.05, 4.69) is 42.5 Å². The molecule has 0 aliphatic carbocycles. The lowest BCUT2D eigenvalue weighted by molar-refractivity contribution is -0.121. The molecule has 1 unspecified atom stereocenters. The molecule has 0 bridgehead atoms. The van der Waals surface area contributed by atoms with Gasteiger partial charge in [0.25, 0.3) is 0 Å². The molecule has 0 aliphatic rings. The Labute approximate surface area is 134 Å². The van der Waals surface area contributed by atoms with Gasteiger partial charge in [-0.1, -0.05) is 15.9 Å². The van der Waals surface area contributed by atoms with Gasteiger partial charge >= 0.3 is 0 Å². The van der Waals surface area contributed by atoms with E-state index in [1.807, 2.05) is 31.2 Å². The molecule has 2 N–H and O–H groups in total. The number of halogens is 2. The molecule has 0 spiro atoms. The smallest absolute Gasteiger partial charge is 0.242 e. The van der Waals surface area contributed by atoms with E-state index in [1.165, 1.54) is 0 Å². The first kappa shape index (κ1) is 15.1. The lowest BCUT2D eigenvalue weighted by atomic mass is 10.2. The number of furan rings is 1. The van der Waals surface area contributed by atoms with Gasteiger partial charge in [0.2, 0.25) is 5.91 Å². The van der Waals surface area contributed by atoms with E-state index < -0.39 is 0 Å². The van der Waals surface area contributed by atoms with E-state index in [9.17, 15) is 4.79 Å². The van der Waals surface area contributed by atoms with Gasteiger partial charge in [-0.15, -0.1) is 0 Å². The Morgan fingerprint density at radius 1 is 1.35 bits per heavy atom. The second-order valence-corrected chi connectivity index (χ2v) is 6.06. The van der Waals surface area contributed by atoms with Gasteiger partial charge in [0.05, 0.1) is 12.8 Å². The van der Waals surface area contributed by atoms with Crippen molar-refractivity contribution < 1.29 is 9.21 Å². The number of hydrogen-bond acceptors (Lipinski definition) is 3. The summed E-state index contributed by atoms with van der Waals surface area (Å²) in [5.41, 5.74) is 0.869. The molecule has 1 amide bonds. The van der Waals surface area contributed by atoms with E-state index in [0.29, 0.717) is 6.54 Å². The zero-order chi connectivity index (χ0) is 14.5. The summed E-state index contributed by atoms with van der Waals surface area (Å²) in [6.45, 7) is 2.20. The van der Waals surface area contributed by atoms with Crippen molar-refractivity contribution in [2.45, 2.75) is 19.5 Å². The van der Waals surface area contributed by atoms with E-state index >= 15 is 0 Å². The zero-order valence-corrected chi connectivity index (χ0v) is 14.0. The number of benzene rings is 1. The first-order chi connectivity index (χ1) is 9.56. The monoisotopic (exact) mass is 400 g/mol. The summed E-state index contributed by atoms with van der Waals surface area (Å²) in [7, 11) is 0. The first-order valence-electron chi connectivity index (χ1n) is 6.08. The molecule has 0 radical (unpaired) electrons. The predicted molar refractivity (Wildman–Crippen MR) is 85.5 cm³/mol. The van der Waals surface area contributed by atoms with Crippen molar-refractivity contribution in [1.29, 1.82) is 0 Å². The number of hydrogen-bond donors (Lipinski definition) is 2. The van der Waals surface area contributed by atoms with E-state index in [-0.39, 0.29) is 11.9 Å². The topological polar surface area (TPSA) is 54.3 Å². The second-order valence-electron chi connectivity index (χ2n) is 4.29. The zero-order valence-electron chi connectivity index (χ0n) is 10.8. The molecule has 0 saturated heterocycles. The highest BCUT2D eigenvalue weighted by atomic mass is 79.9. The van der Waals surface area contributed by atoms with Crippen molar-refractivity contribution in [1.82, 2.24) is 5.32 Å². The van der Waals surface area contributed by atoms with Crippen molar-refractivity contribution in [3.63, 3.8) is 0 Å². The number of anilines is 1. The Hall–Kier alpha value is -1.27. The third-order valence-corrected chi connectivity index (χ3v) is 3.86. The van der Waals surface area contributed by atoms with Gasteiger partial charge in [0.15, 0.2) is 0 Å². The summed E-state index contributed by atoms with van der Waals surface area (Å²) in [6.07, 6.45) is 1.59. The van der Waals surface area contributed by atoms with Crippen LogP contribution in [-0.4, -0.2) is 11.9 Å². The van der Waals surface area contributed by atoms with Gasteiger partial charge in [-0.05, 0) is 53.2 Å². The molecule has 1 aromatic carbocycles. The fraction of sp³-hybridized carbons (Fsp3) is 0.214. The lowest BCUT2D eigenvalue weighted by Gasteiger charge is -2.16. The summed E-state index contributed by atoms with van der Waals surface area (Å²) >= 11 is 6.85. The maximum absolute atomic E-state index is 12.0. The second kappa shape index (κ2) is 6.95. The Morgan fingerprint density at radius 3 is 2.80 bits per heavy atom. The van der Waals surface area contributed by atoms with Crippen molar-refractivity contribution in [2.75, 3.05) is 5.32 Å². The molecule has 1 heterocycles. The molecule has 106 valence electrons. The van der Waals surface area contributed by atoms with Crippen molar-refractivity contribution >= 4 is 43.5 Å². The molecule has 2 rings (SSSR count). The van der Waals surface area contributed by atoms with Gasteiger partial charge < -0.3 is 15.1 Å². The van der Waals surface area contributed by atoms with Gasteiger partial charge in [-0.3, -0.25) is 4.79 Å². The molecule has 20 heavy (non-hydrogen) atoms.